The summed E-state index contributed by atoms with van der Waals surface area (Å²) in [4.78, 5) is 26.1. The number of hydrogen-bond donors (Lipinski definition) is 3. The average molecular weight is 377 g/mol. The molecule has 0 bridgehead atoms. The molecule has 0 aromatic heterocycles. The van der Waals surface area contributed by atoms with Crippen molar-refractivity contribution >= 4 is 17.5 Å². The normalized spacial score (nSPS) is 18.0. The van der Waals surface area contributed by atoms with Gasteiger partial charge < -0.3 is 20.7 Å². The van der Waals surface area contributed by atoms with Gasteiger partial charge in [0.05, 0.1) is 19.7 Å². The number of likely N-dealkylation sites (N-methyl/N-ethyl adjacent to an activating group) is 2. The quantitative estimate of drug-likeness (QED) is 0.609. The molecule has 1 heterocycles. The zero-order valence-electron chi connectivity index (χ0n) is 16.8. The number of ether oxygens (including phenoxy) is 1. The van der Waals surface area contributed by atoms with E-state index in [4.69, 9.17) is 4.74 Å². The Hall–Kier alpha value is -2.28. The molecule has 2 amide bonds. The van der Waals surface area contributed by atoms with Crippen LogP contribution in [0.15, 0.2) is 18.2 Å². The SMILES string of the molecule is CCNC(=O)CNc1ccc(C(C)CNC(=O)C2CCCN2C)c(OC)c1. The lowest BCUT2D eigenvalue weighted by atomic mass is 9.99. The van der Waals surface area contributed by atoms with Crippen LogP contribution in [0, 0.1) is 0 Å². The van der Waals surface area contributed by atoms with Crippen molar-refractivity contribution in [2.75, 3.05) is 45.7 Å². The van der Waals surface area contributed by atoms with E-state index < -0.39 is 0 Å². The van der Waals surface area contributed by atoms with E-state index in [2.05, 4.69) is 27.8 Å². The van der Waals surface area contributed by atoms with Crippen LogP contribution in [0.25, 0.3) is 0 Å². The van der Waals surface area contributed by atoms with Gasteiger partial charge >= 0.3 is 0 Å². The minimum Gasteiger partial charge on any atom is -0.496 e. The lowest BCUT2D eigenvalue weighted by Gasteiger charge is -2.21. The van der Waals surface area contributed by atoms with Crippen molar-refractivity contribution in [1.29, 1.82) is 0 Å². The molecule has 2 rings (SSSR count). The smallest absolute Gasteiger partial charge is 0.239 e. The van der Waals surface area contributed by atoms with Gasteiger partial charge in [-0.05, 0) is 45.0 Å². The molecule has 0 radical (unpaired) electrons. The number of benzene rings is 1. The van der Waals surface area contributed by atoms with Crippen molar-refractivity contribution in [3.05, 3.63) is 23.8 Å². The monoisotopic (exact) mass is 376 g/mol. The van der Waals surface area contributed by atoms with E-state index in [1.807, 2.05) is 32.2 Å². The summed E-state index contributed by atoms with van der Waals surface area (Å²) in [6.45, 7) is 6.33. The number of carbonyl (C=O) groups excluding carboxylic acids is 2. The van der Waals surface area contributed by atoms with Gasteiger partial charge in [0.1, 0.15) is 5.75 Å². The van der Waals surface area contributed by atoms with Gasteiger partial charge in [0, 0.05) is 30.8 Å². The number of anilines is 1. The van der Waals surface area contributed by atoms with Gasteiger partial charge in [-0.1, -0.05) is 13.0 Å². The van der Waals surface area contributed by atoms with Gasteiger partial charge in [0.25, 0.3) is 0 Å². The molecule has 1 aliphatic rings. The van der Waals surface area contributed by atoms with E-state index >= 15 is 0 Å². The average Bonchev–Trinajstić information content (AvgIpc) is 3.10. The summed E-state index contributed by atoms with van der Waals surface area (Å²) in [5, 5.41) is 8.91. The first-order valence-corrected chi connectivity index (χ1v) is 9.62. The largest absolute Gasteiger partial charge is 0.496 e. The fourth-order valence-electron chi connectivity index (χ4n) is 3.39. The van der Waals surface area contributed by atoms with E-state index in [1.54, 1.807) is 7.11 Å². The number of likely N-dealkylation sites (tertiary alicyclic amines) is 1. The molecule has 1 aromatic rings. The number of methoxy groups -OCH3 is 1. The zero-order chi connectivity index (χ0) is 19.8. The fraction of sp³-hybridized carbons (Fsp3) is 0.600. The molecule has 0 saturated carbocycles. The first-order chi connectivity index (χ1) is 13.0. The second kappa shape index (κ2) is 10.2. The Morgan fingerprint density at radius 2 is 2.11 bits per heavy atom. The highest BCUT2D eigenvalue weighted by Gasteiger charge is 2.27. The molecule has 3 N–H and O–H groups in total. The summed E-state index contributed by atoms with van der Waals surface area (Å²) in [5.74, 6) is 0.915. The van der Waals surface area contributed by atoms with Crippen LogP contribution >= 0.6 is 0 Å². The van der Waals surface area contributed by atoms with Gasteiger partial charge in [-0.25, -0.2) is 0 Å². The molecule has 1 saturated heterocycles. The highest BCUT2D eigenvalue weighted by atomic mass is 16.5. The van der Waals surface area contributed by atoms with E-state index in [9.17, 15) is 9.59 Å². The minimum absolute atomic E-state index is 0.0139. The van der Waals surface area contributed by atoms with Crippen LogP contribution in [0.3, 0.4) is 0 Å². The van der Waals surface area contributed by atoms with Crippen LogP contribution < -0.4 is 20.7 Å². The number of nitrogens with one attached hydrogen (secondary N) is 3. The number of hydrogen-bond acceptors (Lipinski definition) is 5. The molecule has 0 aliphatic carbocycles. The van der Waals surface area contributed by atoms with Crippen LogP contribution in [0.5, 0.6) is 5.75 Å². The van der Waals surface area contributed by atoms with Crippen molar-refractivity contribution in [2.45, 2.75) is 38.6 Å². The lowest BCUT2D eigenvalue weighted by molar-refractivity contribution is -0.125. The van der Waals surface area contributed by atoms with Crippen molar-refractivity contribution in [2.24, 2.45) is 0 Å². The molecule has 1 aliphatic heterocycles. The second-order valence-electron chi connectivity index (χ2n) is 7.05. The van der Waals surface area contributed by atoms with Gasteiger partial charge in [-0.3, -0.25) is 14.5 Å². The second-order valence-corrected chi connectivity index (χ2v) is 7.05. The molecule has 2 atom stereocenters. The summed E-state index contributed by atoms with van der Waals surface area (Å²) in [6, 6.07) is 5.79. The van der Waals surface area contributed by atoms with Crippen molar-refractivity contribution in [1.82, 2.24) is 15.5 Å². The van der Waals surface area contributed by atoms with Crippen LogP contribution in [-0.2, 0) is 9.59 Å². The van der Waals surface area contributed by atoms with E-state index in [1.165, 1.54) is 0 Å². The molecule has 150 valence electrons. The number of rotatable bonds is 9. The highest BCUT2D eigenvalue weighted by Crippen LogP contribution is 2.29. The van der Waals surface area contributed by atoms with Gasteiger partial charge in [0.15, 0.2) is 0 Å². The maximum atomic E-state index is 12.4. The maximum Gasteiger partial charge on any atom is 0.239 e. The first-order valence-electron chi connectivity index (χ1n) is 9.62. The molecule has 7 heteroatoms. The Balaban J connectivity index is 1.93. The Morgan fingerprint density at radius 1 is 1.33 bits per heavy atom. The Bertz CT molecular complexity index is 650. The third-order valence-corrected chi connectivity index (χ3v) is 5.00. The Morgan fingerprint density at radius 3 is 2.74 bits per heavy atom. The third-order valence-electron chi connectivity index (χ3n) is 5.00. The topological polar surface area (TPSA) is 82.7 Å². The van der Waals surface area contributed by atoms with Crippen LogP contribution in [0.1, 0.15) is 38.2 Å². The Kier molecular flexibility index (Phi) is 7.91. The molecule has 7 nitrogen and oxygen atoms in total. The standard InChI is InChI=1S/C20H32N4O3/c1-5-21-19(25)13-22-15-8-9-16(18(11-15)27-4)14(2)12-23-20(26)17-7-6-10-24(17)3/h8-9,11,14,17,22H,5-7,10,12-13H2,1-4H3,(H,21,25)(H,23,26). The van der Waals surface area contributed by atoms with Crippen LogP contribution in [0.4, 0.5) is 5.69 Å². The molecular formula is C20H32N4O3. The van der Waals surface area contributed by atoms with Crippen LogP contribution in [0.2, 0.25) is 0 Å². The predicted octanol–water partition coefficient (Wildman–Crippen LogP) is 1.56. The van der Waals surface area contributed by atoms with Gasteiger partial charge in [-0.15, -0.1) is 0 Å². The van der Waals surface area contributed by atoms with Crippen molar-refractivity contribution in [3.63, 3.8) is 0 Å². The molecule has 1 aromatic carbocycles. The molecular weight excluding hydrogens is 344 g/mol. The third kappa shape index (κ3) is 5.85. The van der Waals surface area contributed by atoms with Crippen molar-refractivity contribution < 1.29 is 14.3 Å². The summed E-state index contributed by atoms with van der Waals surface area (Å²) in [6.07, 6.45) is 1.99. The molecule has 2 unspecified atom stereocenters. The molecule has 1 fully saturated rings. The van der Waals surface area contributed by atoms with Crippen LogP contribution in [-0.4, -0.2) is 63.1 Å². The number of nitrogens with zero attached hydrogens (tertiary/aromatic N) is 1. The molecule has 27 heavy (non-hydrogen) atoms. The maximum absolute atomic E-state index is 12.4. The molecule has 0 spiro atoms. The van der Waals surface area contributed by atoms with E-state index in [-0.39, 0.29) is 30.3 Å². The summed E-state index contributed by atoms with van der Waals surface area (Å²) in [5.41, 5.74) is 1.85. The number of carbonyl (C=O) groups is 2. The summed E-state index contributed by atoms with van der Waals surface area (Å²) >= 11 is 0. The van der Waals surface area contributed by atoms with E-state index in [0.29, 0.717) is 13.1 Å². The van der Waals surface area contributed by atoms with Gasteiger partial charge in [-0.2, -0.15) is 0 Å². The highest BCUT2D eigenvalue weighted by molar-refractivity contribution is 5.82. The Labute approximate surface area is 161 Å². The lowest BCUT2D eigenvalue weighted by Crippen LogP contribution is -2.42. The fourth-order valence-corrected chi connectivity index (χ4v) is 3.39. The first kappa shape index (κ1) is 21.0. The predicted molar refractivity (Wildman–Crippen MR) is 107 cm³/mol. The zero-order valence-corrected chi connectivity index (χ0v) is 16.8. The number of amides is 2. The summed E-state index contributed by atoms with van der Waals surface area (Å²) in [7, 11) is 3.63. The van der Waals surface area contributed by atoms with Gasteiger partial charge in [0.2, 0.25) is 11.8 Å². The van der Waals surface area contributed by atoms with E-state index in [0.717, 1.165) is 36.4 Å². The summed E-state index contributed by atoms with van der Waals surface area (Å²) < 4.78 is 5.52. The van der Waals surface area contributed by atoms with Crippen molar-refractivity contribution in [3.8, 4) is 5.75 Å². The minimum atomic E-state index is -0.0477.